The van der Waals surface area contributed by atoms with E-state index >= 15 is 0 Å². The molecule has 0 aliphatic carbocycles. The molecule has 1 aromatic heterocycles. The van der Waals surface area contributed by atoms with Crippen molar-refractivity contribution < 1.29 is 9.50 Å². The summed E-state index contributed by atoms with van der Waals surface area (Å²) in [6.07, 6.45) is 1.49. The van der Waals surface area contributed by atoms with Crippen LogP contribution >= 0.6 is 15.9 Å². The quantitative estimate of drug-likeness (QED) is 0.865. The van der Waals surface area contributed by atoms with Crippen LogP contribution in [-0.4, -0.2) is 14.7 Å². The van der Waals surface area contributed by atoms with E-state index in [1.165, 1.54) is 18.3 Å². The molecule has 0 radical (unpaired) electrons. The summed E-state index contributed by atoms with van der Waals surface area (Å²) >= 11 is 3.25. The van der Waals surface area contributed by atoms with Crippen LogP contribution in [0.5, 0.6) is 5.88 Å². The predicted octanol–water partition coefficient (Wildman–Crippen LogP) is 2.69. The van der Waals surface area contributed by atoms with E-state index in [-0.39, 0.29) is 11.7 Å². The maximum absolute atomic E-state index is 12.9. The topological polar surface area (TPSA) is 38.0 Å². The molecule has 0 amide bonds. The molecule has 0 aliphatic rings. The molecule has 15 heavy (non-hydrogen) atoms. The maximum Gasteiger partial charge on any atom is 0.229 e. The summed E-state index contributed by atoms with van der Waals surface area (Å²) < 4.78 is 15.1. The van der Waals surface area contributed by atoms with Gasteiger partial charge >= 0.3 is 0 Å². The number of hydrogen-bond donors (Lipinski definition) is 1. The Hall–Kier alpha value is -1.36. The minimum Gasteiger partial charge on any atom is -0.492 e. The van der Waals surface area contributed by atoms with Crippen LogP contribution < -0.4 is 0 Å². The van der Waals surface area contributed by atoms with Gasteiger partial charge in [0, 0.05) is 17.1 Å². The van der Waals surface area contributed by atoms with E-state index in [2.05, 4.69) is 20.9 Å². The molecule has 0 bridgehead atoms. The zero-order valence-electron chi connectivity index (χ0n) is 7.91. The van der Waals surface area contributed by atoms with Crippen LogP contribution in [-0.2, 0) is 7.05 Å². The summed E-state index contributed by atoms with van der Waals surface area (Å²) in [7, 11) is 1.76. The molecule has 1 N–H and O–H groups in total. The van der Waals surface area contributed by atoms with Crippen LogP contribution in [0.2, 0.25) is 0 Å². The Morgan fingerprint density at radius 1 is 1.47 bits per heavy atom. The lowest BCUT2D eigenvalue weighted by molar-refractivity contribution is 0.456. The molecular weight excluding hydrogens is 263 g/mol. The van der Waals surface area contributed by atoms with Gasteiger partial charge in [0.15, 0.2) is 0 Å². The summed E-state index contributed by atoms with van der Waals surface area (Å²) in [6, 6.07) is 4.33. The van der Waals surface area contributed by atoms with E-state index in [0.717, 1.165) is 5.56 Å². The second-order valence-corrected chi connectivity index (χ2v) is 4.01. The van der Waals surface area contributed by atoms with E-state index in [4.69, 9.17) is 0 Å². The van der Waals surface area contributed by atoms with Crippen LogP contribution in [0.4, 0.5) is 4.39 Å². The Bertz CT molecular complexity index is 510. The number of imidazole rings is 1. The fraction of sp³-hybridized carbons (Fsp3) is 0.100. The van der Waals surface area contributed by atoms with Crippen LogP contribution in [0, 0.1) is 5.82 Å². The normalized spacial score (nSPS) is 10.6. The van der Waals surface area contributed by atoms with Crippen LogP contribution in [0.15, 0.2) is 28.9 Å². The van der Waals surface area contributed by atoms with Gasteiger partial charge in [0.25, 0.3) is 0 Å². The predicted molar refractivity (Wildman–Crippen MR) is 58.0 cm³/mol. The fourth-order valence-electron chi connectivity index (χ4n) is 1.37. The van der Waals surface area contributed by atoms with Crippen molar-refractivity contribution in [3.8, 4) is 17.3 Å². The maximum atomic E-state index is 12.9. The standard InChI is InChI=1S/C10H8BrFN2O/c1-14-5-9(15)13-10(14)7-3-2-6(12)4-8(7)11/h2-5,15H,1H3. The number of rotatable bonds is 1. The zero-order valence-corrected chi connectivity index (χ0v) is 9.49. The van der Waals surface area contributed by atoms with E-state index in [1.54, 1.807) is 17.7 Å². The van der Waals surface area contributed by atoms with Gasteiger partial charge in [-0.3, -0.25) is 0 Å². The highest BCUT2D eigenvalue weighted by Crippen LogP contribution is 2.28. The van der Waals surface area contributed by atoms with Gasteiger partial charge in [0.2, 0.25) is 5.88 Å². The molecule has 0 spiro atoms. The first kappa shape index (κ1) is 10.2. The van der Waals surface area contributed by atoms with Crippen molar-refractivity contribution in [1.82, 2.24) is 9.55 Å². The van der Waals surface area contributed by atoms with Gasteiger partial charge in [-0.15, -0.1) is 0 Å². The van der Waals surface area contributed by atoms with Crippen molar-refractivity contribution in [2.75, 3.05) is 0 Å². The molecule has 1 aromatic carbocycles. The molecule has 5 heteroatoms. The van der Waals surface area contributed by atoms with E-state index in [9.17, 15) is 9.50 Å². The average molecular weight is 271 g/mol. The number of hydrogen-bond acceptors (Lipinski definition) is 2. The lowest BCUT2D eigenvalue weighted by atomic mass is 10.2. The number of aromatic nitrogens is 2. The first-order chi connectivity index (χ1) is 7.08. The summed E-state index contributed by atoms with van der Waals surface area (Å²) in [5, 5.41) is 9.22. The monoisotopic (exact) mass is 270 g/mol. The van der Waals surface area contributed by atoms with Gasteiger partial charge in [0.05, 0.1) is 6.20 Å². The number of aromatic hydroxyl groups is 1. The van der Waals surface area contributed by atoms with Gasteiger partial charge in [-0.05, 0) is 34.1 Å². The summed E-state index contributed by atoms with van der Waals surface area (Å²) in [5.41, 5.74) is 0.735. The van der Waals surface area contributed by atoms with Crippen molar-refractivity contribution in [3.05, 3.63) is 34.7 Å². The molecule has 0 fully saturated rings. The van der Waals surface area contributed by atoms with Crippen LogP contribution in [0.25, 0.3) is 11.4 Å². The molecule has 3 nitrogen and oxygen atoms in total. The van der Waals surface area contributed by atoms with E-state index < -0.39 is 0 Å². The Morgan fingerprint density at radius 3 is 2.73 bits per heavy atom. The second kappa shape index (κ2) is 3.66. The Kier molecular flexibility index (Phi) is 2.48. The minimum atomic E-state index is -0.316. The molecule has 0 saturated heterocycles. The van der Waals surface area contributed by atoms with Gasteiger partial charge in [0.1, 0.15) is 11.6 Å². The van der Waals surface area contributed by atoms with E-state index in [0.29, 0.717) is 10.3 Å². The Labute approximate surface area is 94.3 Å². The Balaban J connectivity index is 2.59. The minimum absolute atomic E-state index is 0.0521. The molecule has 2 rings (SSSR count). The third-order valence-electron chi connectivity index (χ3n) is 2.04. The lowest BCUT2D eigenvalue weighted by Crippen LogP contribution is -1.92. The van der Waals surface area contributed by atoms with Gasteiger partial charge in [-0.2, -0.15) is 4.98 Å². The molecule has 0 atom stereocenters. The highest BCUT2D eigenvalue weighted by Gasteiger charge is 2.10. The van der Waals surface area contributed by atoms with Crippen LogP contribution in [0.1, 0.15) is 0 Å². The molecular formula is C10H8BrFN2O. The molecule has 0 aliphatic heterocycles. The first-order valence-electron chi connectivity index (χ1n) is 4.25. The second-order valence-electron chi connectivity index (χ2n) is 3.16. The highest BCUT2D eigenvalue weighted by atomic mass is 79.9. The molecule has 0 unspecified atom stereocenters. The van der Waals surface area contributed by atoms with Crippen molar-refractivity contribution in [2.24, 2.45) is 7.05 Å². The van der Waals surface area contributed by atoms with E-state index in [1.807, 2.05) is 0 Å². The third-order valence-corrected chi connectivity index (χ3v) is 2.69. The average Bonchev–Trinajstić information content (AvgIpc) is 2.45. The van der Waals surface area contributed by atoms with Crippen LogP contribution in [0.3, 0.4) is 0 Å². The molecule has 2 aromatic rings. The van der Waals surface area contributed by atoms with Gasteiger partial charge in [-0.1, -0.05) is 0 Å². The third kappa shape index (κ3) is 1.87. The number of aryl methyl sites for hydroxylation is 1. The summed E-state index contributed by atoms with van der Waals surface area (Å²) in [6.45, 7) is 0. The van der Waals surface area contributed by atoms with Crippen molar-refractivity contribution >= 4 is 15.9 Å². The molecule has 0 saturated carbocycles. The lowest BCUT2D eigenvalue weighted by Gasteiger charge is -2.03. The largest absolute Gasteiger partial charge is 0.492 e. The van der Waals surface area contributed by atoms with Gasteiger partial charge < -0.3 is 9.67 Å². The molecule has 1 heterocycles. The Morgan fingerprint density at radius 2 is 2.20 bits per heavy atom. The zero-order chi connectivity index (χ0) is 11.0. The SMILES string of the molecule is Cn1cc(O)nc1-c1ccc(F)cc1Br. The summed E-state index contributed by atoms with van der Waals surface area (Å²) in [5.74, 6) is 0.215. The number of halogens is 2. The van der Waals surface area contributed by atoms with Crippen molar-refractivity contribution in [1.29, 1.82) is 0 Å². The van der Waals surface area contributed by atoms with Crippen molar-refractivity contribution in [3.63, 3.8) is 0 Å². The highest BCUT2D eigenvalue weighted by molar-refractivity contribution is 9.10. The first-order valence-corrected chi connectivity index (χ1v) is 5.05. The van der Waals surface area contributed by atoms with Gasteiger partial charge in [-0.25, -0.2) is 4.39 Å². The molecule has 78 valence electrons. The fourth-order valence-corrected chi connectivity index (χ4v) is 1.90. The van der Waals surface area contributed by atoms with Crippen molar-refractivity contribution in [2.45, 2.75) is 0 Å². The number of nitrogens with zero attached hydrogens (tertiary/aromatic N) is 2. The summed E-state index contributed by atoms with van der Waals surface area (Å²) in [4.78, 5) is 3.94. The number of benzene rings is 1. The smallest absolute Gasteiger partial charge is 0.229 e.